The Hall–Kier alpha value is -0.830. The van der Waals surface area contributed by atoms with E-state index in [1.54, 1.807) is 0 Å². The van der Waals surface area contributed by atoms with Crippen molar-refractivity contribution in [3.8, 4) is 0 Å². The average Bonchev–Trinajstić information content (AvgIpc) is 2.87. The van der Waals surface area contributed by atoms with Gasteiger partial charge in [0.2, 0.25) is 0 Å². The molecule has 0 fully saturated rings. The number of guanidine groups is 1. The molecule has 23 heavy (non-hydrogen) atoms. The second-order valence-corrected chi connectivity index (χ2v) is 5.88. The monoisotopic (exact) mass is 437 g/mol. The lowest BCUT2D eigenvalue weighted by Gasteiger charge is -2.24. The van der Waals surface area contributed by atoms with Crippen molar-refractivity contribution in [1.82, 2.24) is 20.0 Å². The summed E-state index contributed by atoms with van der Waals surface area (Å²) in [4.78, 5) is 6.44. The van der Waals surface area contributed by atoms with Crippen molar-refractivity contribution in [2.75, 3.05) is 27.2 Å². The number of rotatable bonds is 8. The highest BCUT2D eigenvalue weighted by Gasteiger charge is 2.14. The van der Waals surface area contributed by atoms with E-state index in [4.69, 9.17) is 4.74 Å². The van der Waals surface area contributed by atoms with E-state index in [1.807, 2.05) is 45.1 Å². The number of halogens is 1. The number of aromatic nitrogens is 2. The van der Waals surface area contributed by atoms with E-state index in [-0.39, 0.29) is 24.0 Å². The van der Waals surface area contributed by atoms with Gasteiger partial charge in [0.1, 0.15) is 0 Å². The molecule has 1 heterocycles. The van der Waals surface area contributed by atoms with Crippen LogP contribution in [0.1, 0.15) is 32.8 Å². The molecule has 0 spiro atoms. The molecule has 134 valence electrons. The molecule has 7 heteroatoms. The van der Waals surface area contributed by atoms with Crippen LogP contribution in [0.3, 0.4) is 0 Å². The third-order valence-electron chi connectivity index (χ3n) is 3.59. The zero-order valence-corrected chi connectivity index (χ0v) is 17.6. The fraction of sp³-hybridized carbons (Fsp3) is 0.750. The molecule has 0 aromatic carbocycles. The van der Waals surface area contributed by atoms with Crippen molar-refractivity contribution in [2.24, 2.45) is 18.0 Å². The molecule has 1 unspecified atom stereocenters. The average molecular weight is 437 g/mol. The zero-order chi connectivity index (χ0) is 16.5. The van der Waals surface area contributed by atoms with E-state index in [1.165, 1.54) is 5.56 Å². The highest BCUT2D eigenvalue weighted by molar-refractivity contribution is 14.0. The van der Waals surface area contributed by atoms with Gasteiger partial charge >= 0.3 is 0 Å². The number of nitrogens with one attached hydrogen (secondary N) is 1. The summed E-state index contributed by atoms with van der Waals surface area (Å²) < 4.78 is 7.59. The normalized spacial score (nSPS) is 12.9. The second-order valence-electron chi connectivity index (χ2n) is 5.88. The summed E-state index contributed by atoms with van der Waals surface area (Å²) in [6, 6.07) is 0. The molecular formula is C16H32IN5O. The van der Waals surface area contributed by atoms with Crippen LogP contribution in [0.2, 0.25) is 0 Å². The molecule has 1 rings (SSSR count). The molecule has 0 aliphatic heterocycles. The minimum atomic E-state index is 0. The molecule has 0 saturated heterocycles. The van der Waals surface area contributed by atoms with Gasteiger partial charge in [-0.1, -0.05) is 13.8 Å². The third-order valence-corrected chi connectivity index (χ3v) is 3.59. The lowest BCUT2D eigenvalue weighted by Crippen LogP contribution is -2.40. The van der Waals surface area contributed by atoms with Gasteiger partial charge in [0.25, 0.3) is 0 Å². The SMILES string of the molecule is CCOC(CCNC(=NC)N(C)Cc1cnn(C)c1)C(C)C.I. The van der Waals surface area contributed by atoms with Crippen LogP contribution in [-0.4, -0.2) is 54.0 Å². The van der Waals surface area contributed by atoms with Crippen molar-refractivity contribution in [3.05, 3.63) is 18.0 Å². The number of hydrogen-bond acceptors (Lipinski definition) is 3. The first-order valence-electron chi connectivity index (χ1n) is 7.98. The molecule has 0 saturated carbocycles. The standard InChI is InChI=1S/C16H31N5O.HI/c1-7-22-15(13(2)3)8-9-18-16(17-4)20(5)11-14-10-19-21(6)12-14;/h10,12-13,15H,7-9,11H2,1-6H3,(H,17,18);1H. The number of ether oxygens (including phenoxy) is 1. The van der Waals surface area contributed by atoms with Gasteiger partial charge in [-0.05, 0) is 19.3 Å². The number of hydrogen-bond donors (Lipinski definition) is 1. The van der Waals surface area contributed by atoms with Crippen LogP contribution in [0.25, 0.3) is 0 Å². The maximum absolute atomic E-state index is 5.77. The van der Waals surface area contributed by atoms with Gasteiger partial charge in [-0.15, -0.1) is 24.0 Å². The van der Waals surface area contributed by atoms with E-state index >= 15 is 0 Å². The third kappa shape index (κ3) is 8.01. The van der Waals surface area contributed by atoms with Gasteiger partial charge in [-0.25, -0.2) is 0 Å². The number of nitrogens with zero attached hydrogens (tertiary/aromatic N) is 4. The summed E-state index contributed by atoms with van der Waals surface area (Å²) in [6.07, 6.45) is 5.17. The van der Waals surface area contributed by atoms with Crippen LogP contribution in [0.15, 0.2) is 17.4 Å². The molecule has 1 atom stereocenters. The van der Waals surface area contributed by atoms with E-state index in [0.29, 0.717) is 12.0 Å². The topological polar surface area (TPSA) is 54.7 Å². The molecule has 1 aromatic heterocycles. The van der Waals surface area contributed by atoms with E-state index in [9.17, 15) is 0 Å². The van der Waals surface area contributed by atoms with Crippen LogP contribution in [0, 0.1) is 5.92 Å². The Bertz CT molecular complexity index is 461. The lowest BCUT2D eigenvalue weighted by molar-refractivity contribution is 0.0257. The van der Waals surface area contributed by atoms with Gasteiger partial charge < -0.3 is 15.0 Å². The number of aryl methyl sites for hydroxylation is 1. The highest BCUT2D eigenvalue weighted by atomic mass is 127. The Kier molecular flexibility index (Phi) is 11.2. The maximum atomic E-state index is 5.77. The minimum Gasteiger partial charge on any atom is -0.378 e. The molecule has 6 nitrogen and oxygen atoms in total. The largest absolute Gasteiger partial charge is 0.378 e. The lowest BCUT2D eigenvalue weighted by atomic mass is 10.0. The summed E-state index contributed by atoms with van der Waals surface area (Å²) in [6.45, 7) is 8.84. The van der Waals surface area contributed by atoms with E-state index < -0.39 is 0 Å². The first-order chi connectivity index (χ1) is 10.5. The maximum Gasteiger partial charge on any atom is 0.193 e. The summed E-state index contributed by atoms with van der Waals surface area (Å²) in [5.74, 6) is 1.42. The van der Waals surface area contributed by atoms with Crippen LogP contribution in [0.4, 0.5) is 0 Å². The van der Waals surface area contributed by atoms with Crippen LogP contribution in [-0.2, 0) is 18.3 Å². The molecule has 0 amide bonds. The summed E-state index contributed by atoms with van der Waals surface area (Å²) >= 11 is 0. The molecule has 1 N–H and O–H groups in total. The predicted molar refractivity (Wildman–Crippen MR) is 106 cm³/mol. The van der Waals surface area contributed by atoms with Crippen LogP contribution >= 0.6 is 24.0 Å². The minimum absolute atomic E-state index is 0. The molecule has 0 bridgehead atoms. The van der Waals surface area contributed by atoms with Gasteiger partial charge in [-0.3, -0.25) is 9.67 Å². The van der Waals surface area contributed by atoms with Gasteiger partial charge in [-0.2, -0.15) is 5.10 Å². The van der Waals surface area contributed by atoms with Crippen LogP contribution < -0.4 is 5.32 Å². The Morgan fingerprint density at radius 3 is 2.65 bits per heavy atom. The highest BCUT2D eigenvalue weighted by Crippen LogP contribution is 2.10. The zero-order valence-electron chi connectivity index (χ0n) is 15.2. The molecule has 0 radical (unpaired) electrons. The van der Waals surface area contributed by atoms with Crippen LogP contribution in [0.5, 0.6) is 0 Å². The fourth-order valence-corrected chi connectivity index (χ4v) is 2.44. The molecular weight excluding hydrogens is 405 g/mol. The van der Waals surface area contributed by atoms with Gasteiger partial charge in [0, 0.05) is 52.6 Å². The van der Waals surface area contributed by atoms with Gasteiger partial charge in [0.05, 0.1) is 12.3 Å². The Morgan fingerprint density at radius 2 is 2.17 bits per heavy atom. The Morgan fingerprint density at radius 1 is 1.48 bits per heavy atom. The quantitative estimate of drug-likeness (QED) is 0.386. The Balaban J connectivity index is 0.00000484. The van der Waals surface area contributed by atoms with Crippen molar-refractivity contribution in [2.45, 2.75) is 39.8 Å². The molecule has 1 aromatic rings. The van der Waals surface area contributed by atoms with E-state index in [2.05, 4.69) is 34.2 Å². The van der Waals surface area contributed by atoms with E-state index in [0.717, 1.165) is 32.1 Å². The Labute approximate surface area is 157 Å². The second kappa shape index (κ2) is 11.7. The van der Waals surface area contributed by atoms with Crippen molar-refractivity contribution < 1.29 is 4.74 Å². The van der Waals surface area contributed by atoms with Crippen molar-refractivity contribution in [1.29, 1.82) is 0 Å². The number of aliphatic imine (C=N–C) groups is 1. The predicted octanol–water partition coefficient (Wildman–Crippen LogP) is 2.50. The smallest absolute Gasteiger partial charge is 0.193 e. The molecule has 0 aliphatic carbocycles. The fourth-order valence-electron chi connectivity index (χ4n) is 2.44. The summed E-state index contributed by atoms with van der Waals surface area (Å²) in [5.41, 5.74) is 1.17. The van der Waals surface area contributed by atoms with Crippen molar-refractivity contribution in [3.63, 3.8) is 0 Å². The first kappa shape index (κ1) is 22.2. The summed E-state index contributed by atoms with van der Waals surface area (Å²) in [7, 11) is 5.77. The first-order valence-corrected chi connectivity index (χ1v) is 7.98. The van der Waals surface area contributed by atoms with Crippen molar-refractivity contribution >= 4 is 29.9 Å². The molecule has 0 aliphatic rings. The summed E-state index contributed by atoms with van der Waals surface area (Å²) in [5, 5.41) is 7.60. The van der Waals surface area contributed by atoms with Gasteiger partial charge in [0.15, 0.2) is 5.96 Å².